The maximum Gasteiger partial charge on any atom is 0.134 e. The molecule has 0 saturated carbocycles. The highest BCUT2D eigenvalue weighted by molar-refractivity contribution is 9.10. The van der Waals surface area contributed by atoms with Gasteiger partial charge in [0.1, 0.15) is 12.1 Å². The van der Waals surface area contributed by atoms with Crippen molar-refractivity contribution < 1.29 is 4.74 Å². The average Bonchev–Trinajstić information content (AvgIpc) is 2.59. The van der Waals surface area contributed by atoms with Crippen LogP contribution in [0.15, 0.2) is 63.8 Å². The highest BCUT2D eigenvalue weighted by atomic mass is 79.9. The molecule has 122 valence electrons. The maximum absolute atomic E-state index is 5.29. The molecule has 0 aliphatic carbocycles. The fourth-order valence-electron chi connectivity index (χ4n) is 2.32. The summed E-state index contributed by atoms with van der Waals surface area (Å²) in [6, 6.07) is 15.9. The molecule has 0 aliphatic heterocycles. The van der Waals surface area contributed by atoms with Crippen LogP contribution < -0.4 is 5.32 Å². The Labute approximate surface area is 157 Å². The largest absolute Gasteiger partial charge is 0.380 e. The minimum absolute atomic E-state index is 0.530. The summed E-state index contributed by atoms with van der Waals surface area (Å²) in [7, 11) is 1.69. The molecule has 0 unspecified atom stereocenters. The second-order valence-corrected chi connectivity index (χ2v) is 6.99. The molecule has 0 spiro atoms. The van der Waals surface area contributed by atoms with Crippen molar-refractivity contribution in [3.8, 4) is 11.3 Å². The minimum atomic E-state index is 0.530. The summed E-state index contributed by atoms with van der Waals surface area (Å²) in [5.41, 5.74) is 3.91. The lowest BCUT2D eigenvalue weighted by Crippen LogP contribution is -1.98. The second kappa shape index (κ2) is 7.88. The predicted octanol–water partition coefficient (Wildman–Crippen LogP) is 5.56. The molecule has 0 atom stereocenters. The van der Waals surface area contributed by atoms with Crippen LogP contribution >= 0.6 is 31.9 Å². The van der Waals surface area contributed by atoms with E-state index >= 15 is 0 Å². The van der Waals surface area contributed by atoms with Gasteiger partial charge >= 0.3 is 0 Å². The van der Waals surface area contributed by atoms with Gasteiger partial charge in [-0.05, 0) is 42.0 Å². The van der Waals surface area contributed by atoms with E-state index in [-0.39, 0.29) is 0 Å². The van der Waals surface area contributed by atoms with E-state index in [4.69, 9.17) is 4.74 Å². The van der Waals surface area contributed by atoms with Crippen LogP contribution in [-0.4, -0.2) is 17.1 Å². The van der Waals surface area contributed by atoms with Crippen molar-refractivity contribution in [2.45, 2.75) is 6.61 Å². The standard InChI is InChI=1S/C18H15Br2N3O/c1-24-10-12-2-3-14(20)8-16(12)17-9-18(22-11-21-17)23-15-6-4-13(19)5-7-15/h2-9,11H,10H2,1H3,(H,21,22,23). The van der Waals surface area contributed by atoms with Crippen molar-refractivity contribution in [2.24, 2.45) is 0 Å². The highest BCUT2D eigenvalue weighted by Gasteiger charge is 2.09. The van der Waals surface area contributed by atoms with Crippen molar-refractivity contribution in [1.29, 1.82) is 0 Å². The van der Waals surface area contributed by atoms with Gasteiger partial charge in [0, 0.05) is 33.4 Å². The minimum Gasteiger partial charge on any atom is -0.380 e. The zero-order chi connectivity index (χ0) is 16.9. The molecule has 0 saturated heterocycles. The Morgan fingerprint density at radius 2 is 1.71 bits per heavy atom. The van der Waals surface area contributed by atoms with Crippen LogP contribution in [0.25, 0.3) is 11.3 Å². The molecule has 1 heterocycles. The zero-order valence-electron chi connectivity index (χ0n) is 13.0. The number of halogens is 2. The van der Waals surface area contributed by atoms with E-state index in [0.29, 0.717) is 6.61 Å². The molecular weight excluding hydrogens is 434 g/mol. The molecule has 3 aromatic rings. The number of aromatic nitrogens is 2. The van der Waals surface area contributed by atoms with Gasteiger partial charge in [-0.1, -0.05) is 37.9 Å². The first-order valence-electron chi connectivity index (χ1n) is 7.28. The fraction of sp³-hybridized carbons (Fsp3) is 0.111. The van der Waals surface area contributed by atoms with Crippen LogP contribution in [0.5, 0.6) is 0 Å². The maximum atomic E-state index is 5.29. The first-order valence-corrected chi connectivity index (χ1v) is 8.86. The van der Waals surface area contributed by atoms with E-state index in [1.54, 1.807) is 13.4 Å². The summed E-state index contributed by atoms with van der Waals surface area (Å²) in [5, 5.41) is 3.29. The third-order valence-corrected chi connectivity index (χ3v) is 4.45. The summed E-state index contributed by atoms with van der Waals surface area (Å²) in [5.74, 6) is 0.741. The van der Waals surface area contributed by atoms with Crippen molar-refractivity contribution in [1.82, 2.24) is 9.97 Å². The van der Waals surface area contributed by atoms with E-state index in [1.165, 1.54) is 0 Å². The second-order valence-electron chi connectivity index (χ2n) is 5.15. The zero-order valence-corrected chi connectivity index (χ0v) is 16.1. The predicted molar refractivity (Wildman–Crippen MR) is 103 cm³/mol. The van der Waals surface area contributed by atoms with E-state index in [1.807, 2.05) is 48.5 Å². The first kappa shape index (κ1) is 17.1. The monoisotopic (exact) mass is 447 g/mol. The Hall–Kier alpha value is -1.76. The van der Waals surface area contributed by atoms with Crippen molar-refractivity contribution in [3.63, 3.8) is 0 Å². The van der Waals surface area contributed by atoms with E-state index < -0.39 is 0 Å². The third-order valence-electron chi connectivity index (χ3n) is 3.43. The smallest absolute Gasteiger partial charge is 0.134 e. The number of anilines is 2. The van der Waals surface area contributed by atoms with Crippen molar-refractivity contribution >= 4 is 43.4 Å². The summed E-state index contributed by atoms with van der Waals surface area (Å²) in [6.45, 7) is 0.530. The third kappa shape index (κ3) is 4.20. The van der Waals surface area contributed by atoms with Gasteiger partial charge in [0.25, 0.3) is 0 Å². The number of nitrogens with zero attached hydrogens (tertiary/aromatic N) is 2. The van der Waals surface area contributed by atoms with Crippen LogP contribution in [0.2, 0.25) is 0 Å². The summed E-state index contributed by atoms with van der Waals surface area (Å²) >= 11 is 6.95. The van der Waals surface area contributed by atoms with Gasteiger partial charge in [-0.25, -0.2) is 9.97 Å². The van der Waals surface area contributed by atoms with Gasteiger partial charge in [-0.3, -0.25) is 0 Å². The van der Waals surface area contributed by atoms with Gasteiger partial charge in [0.15, 0.2) is 0 Å². The normalized spacial score (nSPS) is 10.6. The highest BCUT2D eigenvalue weighted by Crippen LogP contribution is 2.28. The average molecular weight is 449 g/mol. The summed E-state index contributed by atoms with van der Waals surface area (Å²) in [6.07, 6.45) is 1.56. The number of methoxy groups -OCH3 is 1. The molecule has 0 amide bonds. The molecule has 2 aromatic carbocycles. The first-order chi connectivity index (χ1) is 11.7. The van der Waals surface area contributed by atoms with E-state index in [9.17, 15) is 0 Å². The molecule has 1 N–H and O–H groups in total. The van der Waals surface area contributed by atoms with Crippen molar-refractivity contribution in [2.75, 3.05) is 12.4 Å². The molecule has 1 aromatic heterocycles. The van der Waals surface area contributed by atoms with E-state index in [2.05, 4.69) is 47.1 Å². The Morgan fingerprint density at radius 3 is 2.46 bits per heavy atom. The number of nitrogens with one attached hydrogen (secondary N) is 1. The Bertz CT molecular complexity index is 838. The van der Waals surface area contributed by atoms with Crippen LogP contribution in [0.1, 0.15) is 5.56 Å². The summed E-state index contributed by atoms with van der Waals surface area (Å²) in [4.78, 5) is 8.72. The topological polar surface area (TPSA) is 47.0 Å². The Balaban J connectivity index is 1.93. The molecule has 0 aliphatic rings. The lowest BCUT2D eigenvalue weighted by atomic mass is 10.0. The van der Waals surface area contributed by atoms with Crippen LogP contribution in [-0.2, 0) is 11.3 Å². The van der Waals surface area contributed by atoms with Gasteiger partial charge < -0.3 is 10.1 Å². The number of hydrogen-bond acceptors (Lipinski definition) is 4. The molecule has 0 radical (unpaired) electrons. The molecule has 0 bridgehead atoms. The van der Waals surface area contributed by atoms with Crippen LogP contribution in [0.4, 0.5) is 11.5 Å². The molecular formula is C18H15Br2N3O. The lowest BCUT2D eigenvalue weighted by molar-refractivity contribution is 0.185. The number of benzene rings is 2. The Kier molecular flexibility index (Phi) is 5.60. The van der Waals surface area contributed by atoms with Crippen molar-refractivity contribution in [3.05, 3.63) is 69.4 Å². The van der Waals surface area contributed by atoms with Gasteiger partial charge in [0.05, 0.1) is 12.3 Å². The number of hydrogen-bond donors (Lipinski definition) is 1. The quantitative estimate of drug-likeness (QED) is 0.555. The van der Waals surface area contributed by atoms with E-state index in [0.717, 1.165) is 37.3 Å². The fourth-order valence-corrected chi connectivity index (χ4v) is 2.95. The lowest BCUT2D eigenvalue weighted by Gasteiger charge is -2.11. The molecule has 6 heteroatoms. The molecule has 24 heavy (non-hydrogen) atoms. The molecule has 3 rings (SSSR count). The summed E-state index contributed by atoms with van der Waals surface area (Å²) < 4.78 is 7.32. The number of ether oxygens (including phenoxy) is 1. The Morgan fingerprint density at radius 1 is 0.958 bits per heavy atom. The van der Waals surface area contributed by atoms with Gasteiger partial charge in [-0.15, -0.1) is 0 Å². The van der Waals surface area contributed by atoms with Gasteiger partial charge in [0.2, 0.25) is 0 Å². The number of rotatable bonds is 5. The van der Waals surface area contributed by atoms with Crippen LogP contribution in [0, 0.1) is 0 Å². The molecule has 4 nitrogen and oxygen atoms in total. The van der Waals surface area contributed by atoms with Crippen LogP contribution in [0.3, 0.4) is 0 Å². The molecule has 0 fully saturated rings. The SMILES string of the molecule is COCc1ccc(Br)cc1-c1cc(Nc2ccc(Br)cc2)ncn1. The van der Waals surface area contributed by atoms with Gasteiger partial charge in [-0.2, -0.15) is 0 Å².